The number of carbonyl (C=O) groups excluding carboxylic acids is 2. The molecule has 0 bridgehead atoms. The van der Waals surface area contributed by atoms with Gasteiger partial charge in [-0.2, -0.15) is 0 Å². The van der Waals surface area contributed by atoms with Gasteiger partial charge in [-0.1, -0.05) is 35.9 Å². The number of halogens is 1. The van der Waals surface area contributed by atoms with E-state index in [1.165, 1.54) is 6.08 Å². The minimum atomic E-state index is -0.596. The minimum absolute atomic E-state index is 0.280. The molecular weight excluding hydrogens is 346 g/mol. The van der Waals surface area contributed by atoms with Crippen molar-refractivity contribution in [2.75, 3.05) is 6.61 Å². The number of benzene rings is 1. The molecule has 0 atom stereocenters. The average Bonchev–Trinajstić information content (AvgIpc) is 3.04. The molecule has 120 valence electrons. The number of esters is 1. The predicted octanol–water partition coefficient (Wildman–Crippen LogP) is 4.39. The van der Waals surface area contributed by atoms with Crippen LogP contribution in [0.5, 0.6) is 0 Å². The summed E-state index contributed by atoms with van der Waals surface area (Å²) in [6, 6.07) is 14.7. The maximum atomic E-state index is 11.8. The van der Waals surface area contributed by atoms with Crippen LogP contribution in [-0.4, -0.2) is 23.3 Å². The van der Waals surface area contributed by atoms with Crippen LogP contribution in [-0.2, 0) is 9.53 Å². The third-order valence-corrected chi connectivity index (χ3v) is 4.48. The van der Waals surface area contributed by atoms with E-state index in [1.807, 2.05) is 36.4 Å². The molecule has 0 unspecified atom stereocenters. The van der Waals surface area contributed by atoms with Crippen molar-refractivity contribution in [3.05, 3.63) is 69.5 Å². The predicted molar refractivity (Wildman–Crippen MR) is 95.4 cm³/mol. The van der Waals surface area contributed by atoms with Gasteiger partial charge < -0.3 is 4.74 Å². The zero-order chi connectivity index (χ0) is 16.9. The highest BCUT2D eigenvalue weighted by atomic mass is 35.5. The van der Waals surface area contributed by atoms with Gasteiger partial charge in [0.05, 0.1) is 20.4 Å². The third kappa shape index (κ3) is 4.07. The number of fused-ring (bicyclic) bond motifs is 1. The summed E-state index contributed by atoms with van der Waals surface area (Å²) in [6.45, 7) is -0.314. The molecule has 24 heavy (non-hydrogen) atoms. The van der Waals surface area contributed by atoms with Crippen LogP contribution in [0.2, 0.25) is 4.34 Å². The van der Waals surface area contributed by atoms with Crippen molar-refractivity contribution in [2.45, 2.75) is 0 Å². The number of hydrogen-bond donors (Lipinski definition) is 0. The van der Waals surface area contributed by atoms with Crippen molar-refractivity contribution in [1.29, 1.82) is 0 Å². The van der Waals surface area contributed by atoms with Gasteiger partial charge in [-0.25, -0.2) is 9.78 Å². The second-order valence-electron chi connectivity index (χ2n) is 4.90. The Morgan fingerprint density at radius 2 is 1.96 bits per heavy atom. The Morgan fingerprint density at radius 3 is 2.75 bits per heavy atom. The number of pyridine rings is 1. The summed E-state index contributed by atoms with van der Waals surface area (Å²) in [6.07, 6.45) is 2.81. The maximum absolute atomic E-state index is 11.8. The highest BCUT2D eigenvalue weighted by molar-refractivity contribution is 7.18. The molecule has 2 aromatic heterocycles. The van der Waals surface area contributed by atoms with Crippen molar-refractivity contribution in [1.82, 2.24) is 4.98 Å². The number of nitrogens with zero attached hydrogens (tertiary/aromatic N) is 1. The van der Waals surface area contributed by atoms with E-state index in [0.29, 0.717) is 14.9 Å². The summed E-state index contributed by atoms with van der Waals surface area (Å²) in [5.41, 5.74) is 1.49. The monoisotopic (exact) mass is 357 g/mol. The molecule has 0 fully saturated rings. The Balaban J connectivity index is 1.59. The first-order valence-corrected chi connectivity index (χ1v) is 8.30. The molecule has 0 saturated carbocycles. The number of hydrogen-bond acceptors (Lipinski definition) is 5. The summed E-state index contributed by atoms with van der Waals surface area (Å²) >= 11 is 6.92. The molecule has 4 nitrogen and oxygen atoms in total. The Bertz CT molecular complexity index is 933. The van der Waals surface area contributed by atoms with Gasteiger partial charge in [0.1, 0.15) is 0 Å². The fourth-order valence-electron chi connectivity index (χ4n) is 2.05. The zero-order valence-electron chi connectivity index (χ0n) is 12.4. The van der Waals surface area contributed by atoms with Crippen LogP contribution in [0.3, 0.4) is 0 Å². The van der Waals surface area contributed by atoms with Crippen molar-refractivity contribution in [3.63, 3.8) is 0 Å². The summed E-state index contributed by atoms with van der Waals surface area (Å²) in [5, 5.41) is 1.03. The number of thiophene rings is 1. The van der Waals surface area contributed by atoms with E-state index in [-0.39, 0.29) is 12.4 Å². The molecule has 0 spiro atoms. The molecule has 0 amide bonds. The van der Waals surface area contributed by atoms with Gasteiger partial charge in [0.25, 0.3) is 0 Å². The lowest BCUT2D eigenvalue weighted by molar-refractivity contribution is -0.136. The molecule has 0 saturated heterocycles. The lowest BCUT2D eigenvalue weighted by Crippen LogP contribution is -2.11. The fraction of sp³-hybridized carbons (Fsp3) is 0.0556. The Labute approximate surface area is 147 Å². The summed E-state index contributed by atoms with van der Waals surface area (Å²) < 4.78 is 5.46. The SMILES string of the molecule is O=C(/C=C/c1ccc2ccccc2n1)OCC(=O)c1ccc(Cl)s1. The fourth-order valence-corrected chi connectivity index (χ4v) is 3.02. The van der Waals surface area contributed by atoms with Crippen LogP contribution in [0.25, 0.3) is 17.0 Å². The van der Waals surface area contributed by atoms with E-state index in [9.17, 15) is 9.59 Å². The summed E-state index contributed by atoms with van der Waals surface area (Å²) in [4.78, 5) is 28.4. The average molecular weight is 358 g/mol. The standard InChI is InChI=1S/C18H12ClNO3S/c19-17-9-8-16(24-17)15(21)11-23-18(22)10-7-13-6-5-12-3-1-2-4-14(12)20-13/h1-10H,11H2/b10-7+. The van der Waals surface area contributed by atoms with Crippen molar-refractivity contribution < 1.29 is 14.3 Å². The van der Waals surface area contributed by atoms with E-state index in [4.69, 9.17) is 16.3 Å². The van der Waals surface area contributed by atoms with Gasteiger partial charge in [0.2, 0.25) is 5.78 Å². The number of ether oxygens (including phenoxy) is 1. The van der Waals surface area contributed by atoms with E-state index < -0.39 is 5.97 Å². The number of para-hydroxylation sites is 1. The van der Waals surface area contributed by atoms with Crippen LogP contribution >= 0.6 is 22.9 Å². The van der Waals surface area contributed by atoms with Crippen LogP contribution in [0, 0.1) is 0 Å². The minimum Gasteiger partial charge on any atom is -0.454 e. The smallest absolute Gasteiger partial charge is 0.331 e. The largest absolute Gasteiger partial charge is 0.454 e. The highest BCUT2D eigenvalue weighted by Crippen LogP contribution is 2.21. The first kappa shape index (κ1) is 16.4. The topological polar surface area (TPSA) is 56.3 Å². The van der Waals surface area contributed by atoms with Crippen molar-refractivity contribution in [3.8, 4) is 0 Å². The van der Waals surface area contributed by atoms with Gasteiger partial charge in [-0.05, 0) is 30.3 Å². The molecule has 2 heterocycles. The van der Waals surface area contributed by atoms with Gasteiger partial charge in [-0.15, -0.1) is 11.3 Å². The quantitative estimate of drug-likeness (QED) is 0.386. The van der Waals surface area contributed by atoms with E-state index in [2.05, 4.69) is 4.98 Å². The van der Waals surface area contributed by atoms with Crippen molar-refractivity contribution in [2.24, 2.45) is 0 Å². The lowest BCUT2D eigenvalue weighted by atomic mass is 10.2. The molecule has 3 aromatic rings. The van der Waals surface area contributed by atoms with E-state index >= 15 is 0 Å². The Hall–Kier alpha value is -2.50. The lowest BCUT2D eigenvalue weighted by Gasteiger charge is -2.00. The molecule has 1 aromatic carbocycles. The summed E-state index contributed by atoms with van der Waals surface area (Å²) in [7, 11) is 0. The van der Waals surface area contributed by atoms with Gasteiger partial charge in [0, 0.05) is 11.5 Å². The first-order chi connectivity index (χ1) is 11.6. The highest BCUT2D eigenvalue weighted by Gasteiger charge is 2.10. The number of Topliss-reactive ketones (excluding diaryl/α,β-unsaturated/α-hetero) is 1. The molecule has 0 radical (unpaired) electrons. The van der Waals surface area contributed by atoms with Gasteiger partial charge >= 0.3 is 5.97 Å². The molecular formula is C18H12ClNO3S. The van der Waals surface area contributed by atoms with Crippen LogP contribution in [0.15, 0.2) is 54.6 Å². The number of carbonyl (C=O) groups is 2. The number of rotatable bonds is 5. The molecule has 0 aliphatic rings. The van der Waals surface area contributed by atoms with Crippen molar-refractivity contribution >= 4 is 51.7 Å². The van der Waals surface area contributed by atoms with Crippen LogP contribution < -0.4 is 0 Å². The number of ketones is 1. The molecule has 0 N–H and O–H groups in total. The third-order valence-electron chi connectivity index (χ3n) is 3.20. The second-order valence-corrected chi connectivity index (χ2v) is 6.61. The molecule has 3 rings (SSSR count). The number of aromatic nitrogens is 1. The molecule has 0 aliphatic heterocycles. The van der Waals surface area contributed by atoms with Gasteiger partial charge in [0.15, 0.2) is 6.61 Å². The first-order valence-electron chi connectivity index (χ1n) is 7.11. The van der Waals surface area contributed by atoms with E-state index in [1.54, 1.807) is 18.2 Å². The summed E-state index contributed by atoms with van der Waals surface area (Å²) in [5.74, 6) is -0.876. The zero-order valence-corrected chi connectivity index (χ0v) is 14.0. The second kappa shape index (κ2) is 7.38. The normalized spacial score (nSPS) is 11.0. The molecule has 6 heteroatoms. The van der Waals surface area contributed by atoms with Gasteiger partial charge in [-0.3, -0.25) is 4.79 Å². The van der Waals surface area contributed by atoms with Crippen LogP contribution in [0.1, 0.15) is 15.4 Å². The Kier molecular flexibility index (Phi) is 5.03. The maximum Gasteiger partial charge on any atom is 0.331 e. The molecule has 0 aliphatic carbocycles. The Morgan fingerprint density at radius 1 is 1.12 bits per heavy atom. The van der Waals surface area contributed by atoms with E-state index in [0.717, 1.165) is 22.2 Å². The van der Waals surface area contributed by atoms with Crippen LogP contribution in [0.4, 0.5) is 0 Å².